The van der Waals surface area contributed by atoms with Gasteiger partial charge in [0, 0.05) is 0 Å². The van der Waals surface area contributed by atoms with Crippen LogP contribution in [0, 0.1) is 10.1 Å². The normalized spacial score (nSPS) is 12.2. The summed E-state index contributed by atoms with van der Waals surface area (Å²) in [5.74, 6) is -3.02. The maximum atomic E-state index is 12.7. The number of alkyl halides is 3. The number of carbonyl (C=O) groups is 2. The summed E-state index contributed by atoms with van der Waals surface area (Å²) in [6.07, 6.45) is -4.61. The van der Waals surface area contributed by atoms with E-state index in [-0.39, 0.29) is 44.5 Å². The monoisotopic (exact) mass is 441 g/mol. The van der Waals surface area contributed by atoms with Crippen molar-refractivity contribution in [2.45, 2.75) is 9.53 Å². The number of aliphatic carboxylic acids is 1. The first kappa shape index (κ1) is 22.9. The van der Waals surface area contributed by atoms with Crippen LogP contribution < -0.4 is 4.74 Å². The van der Waals surface area contributed by atoms with Gasteiger partial charge in [-0.1, -0.05) is 0 Å². The van der Waals surface area contributed by atoms with Gasteiger partial charge in [0.05, 0.1) is 0 Å². The van der Waals surface area contributed by atoms with Crippen LogP contribution in [0.3, 0.4) is 0 Å². The number of nitro benzene ring substituents is 1. The van der Waals surface area contributed by atoms with Gasteiger partial charge >= 0.3 is 170 Å². The molecule has 0 heterocycles. The van der Waals surface area contributed by atoms with Crippen molar-refractivity contribution in [2.24, 2.45) is 0 Å². The van der Waals surface area contributed by atoms with E-state index in [1.165, 1.54) is 0 Å². The summed E-state index contributed by atoms with van der Waals surface area (Å²) >= 11 is 5.72. The Kier molecular flexibility index (Phi) is 7.11. The quantitative estimate of drug-likeness (QED) is 0.314. The molecule has 13 heteroatoms. The van der Waals surface area contributed by atoms with Crippen molar-refractivity contribution >= 4 is 57.2 Å². The number of nitrogens with zero attached hydrogens (tertiary/aromatic N) is 1. The molecule has 2 aromatic rings. The van der Waals surface area contributed by atoms with Crippen LogP contribution in [0.25, 0.3) is 0 Å². The molecule has 0 saturated carbocycles. The number of rotatable bonds is 6. The number of benzene rings is 2. The number of esters is 1. The molecule has 0 saturated heterocycles. The zero-order valence-corrected chi connectivity index (χ0v) is 17.2. The van der Waals surface area contributed by atoms with E-state index in [9.17, 15) is 32.9 Å². The number of carboxylic acids is 1. The van der Waals surface area contributed by atoms with Gasteiger partial charge in [0.15, 0.2) is 0 Å². The molecular formula is C16H8ClF3NNaO7. The molecule has 0 aliphatic heterocycles. The molecule has 1 unspecified atom stereocenters. The summed E-state index contributed by atoms with van der Waals surface area (Å²) in [4.78, 5) is 33.2. The van der Waals surface area contributed by atoms with Crippen LogP contribution in [-0.2, 0) is 15.7 Å². The Morgan fingerprint density at radius 2 is 1.86 bits per heavy atom. The fourth-order valence-corrected chi connectivity index (χ4v) is 2.50. The summed E-state index contributed by atoms with van der Waals surface area (Å²) in [5.41, 5.74) is -2.26. The average molecular weight is 442 g/mol. The number of nitro groups is 1. The Bertz CT molecular complexity index is 983. The van der Waals surface area contributed by atoms with Crippen LogP contribution in [-0.4, -0.2) is 53.3 Å². The number of ether oxygens (including phenoxy) is 2. The number of hydrogen-bond donors (Lipinski definition) is 1. The van der Waals surface area contributed by atoms with Gasteiger partial charge in [-0.15, -0.1) is 0 Å². The minimum absolute atomic E-state index is 0.0635. The summed E-state index contributed by atoms with van der Waals surface area (Å²) in [5, 5.41) is 19.6. The van der Waals surface area contributed by atoms with Crippen LogP contribution in [0.2, 0.25) is 5.02 Å². The molecule has 0 amide bonds. The Hall–Kier alpha value is -2.34. The van der Waals surface area contributed by atoms with Gasteiger partial charge in [-0.2, -0.15) is 13.2 Å². The van der Waals surface area contributed by atoms with Crippen LogP contribution in [0.15, 0.2) is 36.4 Å². The van der Waals surface area contributed by atoms with E-state index in [2.05, 4.69) is 4.74 Å². The molecule has 0 spiro atoms. The second-order valence-corrected chi connectivity index (χ2v) is 7.02. The first-order valence-corrected chi connectivity index (χ1v) is 9.20. The van der Waals surface area contributed by atoms with Gasteiger partial charge in [0.2, 0.25) is 0 Å². The number of carboxylic acid groups (broad SMARTS) is 1. The fraction of sp³-hybridized carbons (Fsp3) is 0.125. The summed E-state index contributed by atoms with van der Waals surface area (Å²) in [6, 6.07) is 5.22. The average Bonchev–Trinajstić information content (AvgIpc) is 2.62. The Labute approximate surface area is 182 Å². The molecule has 0 fully saturated rings. The van der Waals surface area contributed by atoms with E-state index in [4.69, 9.17) is 21.4 Å². The van der Waals surface area contributed by atoms with Crippen molar-refractivity contribution in [2.75, 3.05) is 0 Å². The molecule has 29 heavy (non-hydrogen) atoms. The maximum absolute atomic E-state index is 12.7. The van der Waals surface area contributed by atoms with Crippen molar-refractivity contribution < 1.29 is 42.3 Å². The molecule has 0 radical (unpaired) electrons. The number of carbonyl (C=O) groups excluding carboxylic acids is 1. The van der Waals surface area contributed by atoms with Gasteiger partial charge < -0.3 is 0 Å². The zero-order chi connectivity index (χ0) is 21.9. The third-order valence-corrected chi connectivity index (χ3v) is 4.53. The molecule has 1 N–H and O–H groups in total. The standard InChI is InChI=1S/C16H8ClF3NO7.Na/c17-11-5-8(16(18,19)20)1-4-13(11)28-9-2-3-12(21(25)26)10(6-9)15(24)27-7-14(22)23;/h1-7H,(H,22,23);. The van der Waals surface area contributed by atoms with Crippen molar-refractivity contribution in [1.82, 2.24) is 0 Å². The van der Waals surface area contributed by atoms with Crippen LogP contribution in [0.4, 0.5) is 18.9 Å². The van der Waals surface area contributed by atoms with Gasteiger partial charge in [-0.25, -0.2) is 0 Å². The van der Waals surface area contributed by atoms with Gasteiger partial charge in [-0.3, -0.25) is 0 Å². The summed E-state index contributed by atoms with van der Waals surface area (Å²) in [7, 11) is 0. The first-order valence-electron chi connectivity index (χ1n) is 7.67. The molecule has 0 aliphatic rings. The Balaban J connectivity index is 2.37. The molecule has 1 atom stereocenters. The Morgan fingerprint density at radius 1 is 1.21 bits per heavy atom. The van der Waals surface area contributed by atoms with Gasteiger partial charge in [-0.05, 0) is 0 Å². The SMILES string of the molecule is O=C(O[CH]([Na])C(=O)O)c1cc(Oc2ccc(C(F)(F)F)cc2Cl)ccc1[N+](=O)[O-]. The van der Waals surface area contributed by atoms with E-state index >= 15 is 0 Å². The molecule has 0 bridgehead atoms. The number of halogens is 4. The second kappa shape index (κ2) is 8.99. The minimum atomic E-state index is -4.61. The molecule has 148 valence electrons. The summed E-state index contributed by atoms with van der Waals surface area (Å²) < 4.78 is 46.7. The van der Waals surface area contributed by atoms with Gasteiger partial charge in [0.25, 0.3) is 0 Å². The van der Waals surface area contributed by atoms with Crippen LogP contribution in [0.5, 0.6) is 11.5 Å². The zero-order valence-electron chi connectivity index (χ0n) is 14.4. The number of hydrogen-bond acceptors (Lipinski definition) is 6. The van der Waals surface area contributed by atoms with E-state index in [1.807, 2.05) is 0 Å². The molecule has 2 rings (SSSR count). The Morgan fingerprint density at radius 3 is 2.38 bits per heavy atom. The second-order valence-electron chi connectivity index (χ2n) is 5.57. The molecule has 8 nitrogen and oxygen atoms in total. The van der Waals surface area contributed by atoms with Crippen molar-refractivity contribution in [3.8, 4) is 11.5 Å². The van der Waals surface area contributed by atoms with E-state index in [0.717, 1.165) is 30.3 Å². The van der Waals surface area contributed by atoms with Crippen molar-refractivity contribution in [3.05, 3.63) is 62.7 Å². The topological polar surface area (TPSA) is 116 Å². The van der Waals surface area contributed by atoms with E-state index in [0.29, 0.717) is 6.07 Å². The third-order valence-electron chi connectivity index (χ3n) is 3.50. The van der Waals surface area contributed by atoms with E-state index < -0.39 is 43.2 Å². The molecule has 0 aliphatic carbocycles. The van der Waals surface area contributed by atoms with Crippen molar-refractivity contribution in [1.29, 1.82) is 0 Å². The molecule has 2 aromatic carbocycles. The predicted octanol–water partition coefficient (Wildman–Crippen LogP) is 3.80. The van der Waals surface area contributed by atoms with Gasteiger partial charge in [0.1, 0.15) is 0 Å². The third kappa shape index (κ3) is 5.82. The summed E-state index contributed by atoms with van der Waals surface area (Å²) in [6.45, 7) is 0. The molecule has 0 aromatic heterocycles. The van der Waals surface area contributed by atoms with E-state index in [1.54, 1.807) is 0 Å². The molecular weight excluding hydrogens is 434 g/mol. The predicted molar refractivity (Wildman–Crippen MR) is 92.2 cm³/mol. The van der Waals surface area contributed by atoms with Crippen molar-refractivity contribution in [3.63, 3.8) is 0 Å². The van der Waals surface area contributed by atoms with Crippen LogP contribution >= 0.6 is 11.6 Å². The van der Waals surface area contributed by atoms with Crippen LogP contribution in [0.1, 0.15) is 15.9 Å². The fourth-order valence-electron chi connectivity index (χ4n) is 2.06. The first-order chi connectivity index (χ1) is 13.4.